The zero-order chi connectivity index (χ0) is 12.1. The van der Waals surface area contributed by atoms with Gasteiger partial charge in [0, 0.05) is 22.2 Å². The van der Waals surface area contributed by atoms with Crippen LogP contribution in [0.2, 0.25) is 0 Å². The number of pyridine rings is 1. The topological polar surface area (TPSA) is 50.2 Å². The lowest BCUT2D eigenvalue weighted by Gasteiger charge is -2.04. The van der Waals surface area contributed by atoms with Crippen LogP contribution in [0.4, 0.5) is 4.39 Å². The Morgan fingerprint density at radius 2 is 2.25 bits per heavy atom. The molecule has 0 bridgehead atoms. The number of aliphatic carboxylic acids is 1. The zero-order valence-electron chi connectivity index (χ0n) is 8.87. The van der Waals surface area contributed by atoms with Gasteiger partial charge < -0.3 is 5.11 Å². The van der Waals surface area contributed by atoms with E-state index in [1.807, 2.05) is 13.8 Å². The molecule has 1 N–H and O–H groups in total. The molecular formula is C11H11BrFNO2. The van der Waals surface area contributed by atoms with Crippen LogP contribution in [0.1, 0.15) is 25.3 Å². The van der Waals surface area contributed by atoms with Crippen molar-refractivity contribution in [2.75, 3.05) is 0 Å². The maximum absolute atomic E-state index is 13.5. The lowest BCUT2D eigenvalue weighted by atomic mass is 10.0. The second kappa shape index (κ2) is 3.52. The van der Waals surface area contributed by atoms with Crippen LogP contribution in [-0.4, -0.2) is 16.1 Å². The van der Waals surface area contributed by atoms with Crippen molar-refractivity contribution in [2.45, 2.75) is 19.8 Å². The predicted molar refractivity (Wildman–Crippen MR) is 59.5 cm³/mol. The molecule has 86 valence electrons. The van der Waals surface area contributed by atoms with Gasteiger partial charge >= 0.3 is 5.97 Å². The van der Waals surface area contributed by atoms with Gasteiger partial charge in [0.25, 0.3) is 0 Å². The average Bonchev–Trinajstić information content (AvgIpc) is 2.73. The molecule has 1 aliphatic rings. The van der Waals surface area contributed by atoms with Crippen molar-refractivity contribution in [1.82, 2.24) is 4.98 Å². The van der Waals surface area contributed by atoms with Crippen molar-refractivity contribution < 1.29 is 14.3 Å². The van der Waals surface area contributed by atoms with Crippen molar-refractivity contribution >= 4 is 21.9 Å². The van der Waals surface area contributed by atoms with Gasteiger partial charge in [-0.3, -0.25) is 4.79 Å². The van der Waals surface area contributed by atoms with E-state index in [-0.39, 0.29) is 5.92 Å². The van der Waals surface area contributed by atoms with E-state index >= 15 is 0 Å². The van der Waals surface area contributed by atoms with Crippen molar-refractivity contribution in [3.8, 4) is 0 Å². The normalized spacial score (nSPS) is 26.5. The Labute approximate surface area is 101 Å². The summed E-state index contributed by atoms with van der Waals surface area (Å²) >= 11 is 3.21. The molecule has 5 heteroatoms. The minimum Gasteiger partial charge on any atom is -0.481 e. The average molecular weight is 288 g/mol. The van der Waals surface area contributed by atoms with Crippen LogP contribution in [0.5, 0.6) is 0 Å². The van der Waals surface area contributed by atoms with E-state index in [1.165, 1.54) is 6.20 Å². The van der Waals surface area contributed by atoms with Crippen molar-refractivity contribution in [1.29, 1.82) is 0 Å². The van der Waals surface area contributed by atoms with Gasteiger partial charge in [0.05, 0.1) is 5.92 Å². The molecule has 2 rings (SSSR count). The maximum atomic E-state index is 13.5. The van der Waals surface area contributed by atoms with Crippen molar-refractivity contribution in [3.63, 3.8) is 0 Å². The molecule has 3 nitrogen and oxygen atoms in total. The van der Waals surface area contributed by atoms with Gasteiger partial charge in [0.2, 0.25) is 5.95 Å². The molecule has 2 unspecified atom stereocenters. The first kappa shape index (κ1) is 11.5. The quantitative estimate of drug-likeness (QED) is 0.851. The fourth-order valence-corrected chi connectivity index (χ4v) is 2.68. The van der Waals surface area contributed by atoms with E-state index in [9.17, 15) is 9.18 Å². The summed E-state index contributed by atoms with van der Waals surface area (Å²) in [6.45, 7) is 3.66. The van der Waals surface area contributed by atoms with Gasteiger partial charge in [-0.2, -0.15) is 4.39 Å². The van der Waals surface area contributed by atoms with E-state index in [0.717, 1.165) is 0 Å². The van der Waals surface area contributed by atoms with Gasteiger partial charge in [-0.05, 0) is 27.4 Å². The summed E-state index contributed by atoms with van der Waals surface area (Å²) in [6, 6.07) is 1.61. The molecular weight excluding hydrogens is 277 g/mol. The summed E-state index contributed by atoms with van der Waals surface area (Å²) in [7, 11) is 0. The standard InChI is InChI=1S/C11H11BrFNO2/c1-11(2)7(8(11)10(15)16)6-3-5(12)4-14-9(6)13/h3-4,7-8H,1-2H3,(H,15,16). The Morgan fingerprint density at radius 1 is 1.62 bits per heavy atom. The molecule has 1 heterocycles. The number of carbonyl (C=O) groups is 1. The van der Waals surface area contributed by atoms with Crippen LogP contribution in [0.25, 0.3) is 0 Å². The van der Waals surface area contributed by atoms with Crippen LogP contribution in [-0.2, 0) is 4.79 Å². The van der Waals surface area contributed by atoms with E-state index in [4.69, 9.17) is 5.11 Å². The highest BCUT2D eigenvalue weighted by atomic mass is 79.9. The number of aromatic nitrogens is 1. The smallest absolute Gasteiger partial charge is 0.307 e. The molecule has 1 saturated carbocycles. The third kappa shape index (κ3) is 1.63. The first-order chi connectivity index (χ1) is 7.35. The summed E-state index contributed by atoms with van der Waals surface area (Å²) in [5.74, 6) is -2.28. The molecule has 1 aromatic heterocycles. The molecule has 1 fully saturated rings. The number of carboxylic acid groups (broad SMARTS) is 1. The van der Waals surface area contributed by atoms with Gasteiger partial charge in [0.15, 0.2) is 0 Å². The predicted octanol–water partition coefficient (Wildman–Crippen LogP) is 2.81. The minimum atomic E-state index is -0.880. The van der Waals surface area contributed by atoms with E-state index in [1.54, 1.807) is 6.07 Å². The zero-order valence-corrected chi connectivity index (χ0v) is 10.5. The van der Waals surface area contributed by atoms with Crippen LogP contribution in [0.15, 0.2) is 16.7 Å². The maximum Gasteiger partial charge on any atom is 0.307 e. The largest absolute Gasteiger partial charge is 0.481 e. The molecule has 0 saturated heterocycles. The minimum absolute atomic E-state index is 0.296. The van der Waals surface area contributed by atoms with Gasteiger partial charge in [-0.25, -0.2) is 4.98 Å². The molecule has 2 atom stereocenters. The fraction of sp³-hybridized carbons (Fsp3) is 0.455. The molecule has 0 aromatic carbocycles. The highest BCUT2D eigenvalue weighted by Gasteiger charge is 2.63. The molecule has 0 aliphatic heterocycles. The number of hydrogen-bond donors (Lipinski definition) is 1. The highest BCUT2D eigenvalue weighted by molar-refractivity contribution is 9.10. The SMILES string of the molecule is CC1(C)C(C(=O)O)C1c1cc(Br)cnc1F. The van der Waals surface area contributed by atoms with Crippen LogP contribution in [0.3, 0.4) is 0 Å². The van der Waals surface area contributed by atoms with Crippen molar-refractivity contribution in [3.05, 3.63) is 28.2 Å². The third-order valence-electron chi connectivity index (χ3n) is 3.26. The second-order valence-corrected chi connectivity index (χ2v) is 5.56. The number of carboxylic acids is 1. The Hall–Kier alpha value is -0.970. The first-order valence-electron chi connectivity index (χ1n) is 4.89. The third-order valence-corrected chi connectivity index (χ3v) is 3.69. The molecule has 0 spiro atoms. The summed E-state index contributed by atoms with van der Waals surface area (Å²) in [6.07, 6.45) is 1.37. The lowest BCUT2D eigenvalue weighted by Crippen LogP contribution is -2.03. The van der Waals surface area contributed by atoms with E-state index in [0.29, 0.717) is 10.0 Å². The van der Waals surface area contributed by atoms with Crippen LogP contribution < -0.4 is 0 Å². The fourth-order valence-electron chi connectivity index (χ4n) is 2.34. The summed E-state index contributed by atoms with van der Waals surface area (Å²) in [5, 5.41) is 9.03. The summed E-state index contributed by atoms with van der Waals surface area (Å²) in [4.78, 5) is 14.6. The first-order valence-corrected chi connectivity index (χ1v) is 5.68. The molecule has 0 amide bonds. The highest BCUT2D eigenvalue weighted by Crippen LogP contribution is 2.64. The second-order valence-electron chi connectivity index (χ2n) is 4.65. The lowest BCUT2D eigenvalue weighted by molar-refractivity contribution is -0.139. The molecule has 1 aromatic rings. The van der Waals surface area contributed by atoms with Crippen molar-refractivity contribution in [2.24, 2.45) is 11.3 Å². The molecule has 1 aliphatic carbocycles. The Morgan fingerprint density at radius 3 is 2.75 bits per heavy atom. The summed E-state index contributed by atoms with van der Waals surface area (Å²) in [5.41, 5.74) is -0.0263. The number of hydrogen-bond acceptors (Lipinski definition) is 2. The van der Waals surface area contributed by atoms with E-state index < -0.39 is 23.2 Å². The van der Waals surface area contributed by atoms with Gasteiger partial charge in [-0.1, -0.05) is 13.8 Å². The number of rotatable bonds is 2. The monoisotopic (exact) mass is 287 g/mol. The van der Waals surface area contributed by atoms with Crippen LogP contribution in [0, 0.1) is 17.3 Å². The van der Waals surface area contributed by atoms with E-state index in [2.05, 4.69) is 20.9 Å². The Kier molecular flexibility index (Phi) is 2.53. The molecule has 16 heavy (non-hydrogen) atoms. The Bertz CT molecular complexity index is 461. The number of nitrogens with zero attached hydrogens (tertiary/aromatic N) is 1. The van der Waals surface area contributed by atoms with Gasteiger partial charge in [0.1, 0.15) is 0 Å². The Balaban J connectivity index is 2.40. The van der Waals surface area contributed by atoms with Gasteiger partial charge in [-0.15, -0.1) is 0 Å². The van der Waals surface area contributed by atoms with Crippen LogP contribution >= 0.6 is 15.9 Å². The molecule has 0 radical (unpaired) electrons. The summed E-state index contributed by atoms with van der Waals surface area (Å²) < 4.78 is 14.2. The number of halogens is 2.